The zero-order valence-corrected chi connectivity index (χ0v) is 27.1. The van der Waals surface area contributed by atoms with E-state index in [4.69, 9.17) is 19.2 Å². The van der Waals surface area contributed by atoms with Crippen molar-refractivity contribution in [3.05, 3.63) is 94.5 Å². The van der Waals surface area contributed by atoms with Gasteiger partial charge in [-0.25, -0.2) is 0 Å². The summed E-state index contributed by atoms with van der Waals surface area (Å²) in [5.74, 6) is 1.82. The molecule has 2 aliphatic heterocycles. The van der Waals surface area contributed by atoms with Gasteiger partial charge in [0, 0.05) is 47.8 Å². The maximum absolute atomic E-state index is 13.8. The molecule has 7 nitrogen and oxygen atoms in total. The van der Waals surface area contributed by atoms with E-state index in [0.29, 0.717) is 37.1 Å². The molecular weight excluding hydrogens is 550 g/mol. The van der Waals surface area contributed by atoms with E-state index in [1.165, 1.54) is 5.56 Å². The van der Waals surface area contributed by atoms with Crippen molar-refractivity contribution in [2.45, 2.75) is 71.2 Å². The molecule has 3 aromatic rings. The summed E-state index contributed by atoms with van der Waals surface area (Å²) in [5, 5.41) is 0. The fraction of sp³-hybridized carbons (Fsp3) is 0.459. The van der Waals surface area contributed by atoms with Crippen LogP contribution in [0.5, 0.6) is 11.5 Å². The van der Waals surface area contributed by atoms with Gasteiger partial charge in [-0.2, -0.15) is 0 Å². The molecule has 7 heteroatoms. The summed E-state index contributed by atoms with van der Waals surface area (Å²) in [5.41, 5.74) is 6.12. The first-order valence-electron chi connectivity index (χ1n) is 16.0. The lowest BCUT2D eigenvalue weighted by atomic mass is 9.79. The smallest absolute Gasteiger partial charge is 0.254 e. The number of rotatable bonds is 12. The second kappa shape index (κ2) is 14.4. The van der Waals surface area contributed by atoms with Crippen molar-refractivity contribution in [2.75, 3.05) is 40.5 Å². The molecular formula is C37H47N3O4. The van der Waals surface area contributed by atoms with Gasteiger partial charge in [0.25, 0.3) is 5.91 Å². The normalized spacial score (nSPS) is 18.7. The number of amides is 1. The SMILES string of the molecule is CCOc1cc2c(cc1OC)C(c1ccc(C(=O)N(C(C)C)[C@H](C)CCOCc3ccccc3)cc1)=N[C@@H]1CCN(C)C[C@H]21. The summed E-state index contributed by atoms with van der Waals surface area (Å²) in [7, 11) is 3.86. The third kappa shape index (κ3) is 7.00. The first-order chi connectivity index (χ1) is 21.3. The van der Waals surface area contributed by atoms with Crippen LogP contribution in [0.3, 0.4) is 0 Å². The van der Waals surface area contributed by atoms with Gasteiger partial charge in [0.15, 0.2) is 11.5 Å². The standard InChI is InChI=1S/C37H47N3O4/c1-7-44-35-21-30-31(22-34(35)42-6)36(38-33-17-19-39(5)23-32(30)33)28-13-15-29(16-14-28)37(41)40(25(2)3)26(4)18-20-43-24-27-11-9-8-10-12-27/h8-16,21-22,25-26,32-33H,7,17-20,23-24H2,1-6H3/t26-,32-,33-/m1/s1. The van der Waals surface area contributed by atoms with Gasteiger partial charge in [-0.15, -0.1) is 0 Å². The number of nitrogens with zero attached hydrogens (tertiary/aromatic N) is 3. The Bertz CT molecular complexity index is 1440. The Kier molecular flexibility index (Phi) is 10.4. The molecule has 234 valence electrons. The molecule has 0 aliphatic carbocycles. The van der Waals surface area contributed by atoms with Crippen LogP contribution in [0.1, 0.15) is 79.1 Å². The van der Waals surface area contributed by atoms with Gasteiger partial charge in [-0.3, -0.25) is 9.79 Å². The average molecular weight is 598 g/mol. The summed E-state index contributed by atoms with van der Waals surface area (Å²) in [6.45, 7) is 12.0. The molecule has 3 aromatic carbocycles. The number of fused-ring (bicyclic) bond motifs is 3. The van der Waals surface area contributed by atoms with Crippen molar-refractivity contribution in [2.24, 2.45) is 4.99 Å². The Morgan fingerprint density at radius 1 is 1.05 bits per heavy atom. The highest BCUT2D eigenvalue weighted by molar-refractivity contribution is 6.15. The van der Waals surface area contributed by atoms with Crippen LogP contribution in [0.4, 0.5) is 0 Å². The molecule has 2 heterocycles. The van der Waals surface area contributed by atoms with Gasteiger partial charge in [0.1, 0.15) is 0 Å². The van der Waals surface area contributed by atoms with Crippen molar-refractivity contribution in [1.82, 2.24) is 9.80 Å². The van der Waals surface area contributed by atoms with Gasteiger partial charge in [-0.05, 0) is 89.5 Å². The monoisotopic (exact) mass is 597 g/mol. The van der Waals surface area contributed by atoms with Crippen molar-refractivity contribution >= 4 is 11.6 Å². The number of piperidine rings is 1. The molecule has 2 aliphatic rings. The topological polar surface area (TPSA) is 63.6 Å². The van der Waals surface area contributed by atoms with E-state index in [-0.39, 0.29) is 24.0 Å². The second-order valence-electron chi connectivity index (χ2n) is 12.3. The fourth-order valence-corrected chi connectivity index (χ4v) is 6.56. The van der Waals surface area contributed by atoms with Gasteiger partial charge in [-0.1, -0.05) is 42.5 Å². The minimum atomic E-state index is 0.0338. The molecule has 5 rings (SSSR count). The average Bonchev–Trinajstić information content (AvgIpc) is 3.03. The number of hydrogen-bond acceptors (Lipinski definition) is 6. The molecule has 0 spiro atoms. The number of likely N-dealkylation sites (tertiary alicyclic amines) is 1. The highest BCUT2D eigenvalue weighted by Crippen LogP contribution is 2.42. The van der Waals surface area contributed by atoms with Gasteiger partial charge in [0.2, 0.25) is 0 Å². The Hall–Kier alpha value is -3.68. The van der Waals surface area contributed by atoms with Gasteiger partial charge >= 0.3 is 0 Å². The summed E-state index contributed by atoms with van der Waals surface area (Å²) >= 11 is 0. The van der Waals surface area contributed by atoms with Crippen molar-refractivity contribution < 1.29 is 19.0 Å². The minimum Gasteiger partial charge on any atom is -0.493 e. The van der Waals surface area contributed by atoms with Gasteiger partial charge < -0.3 is 24.0 Å². The summed E-state index contributed by atoms with van der Waals surface area (Å²) in [6, 6.07) is 22.7. The highest BCUT2D eigenvalue weighted by atomic mass is 16.5. The lowest BCUT2D eigenvalue weighted by Gasteiger charge is -2.39. The Morgan fingerprint density at radius 3 is 2.48 bits per heavy atom. The number of hydrogen-bond donors (Lipinski definition) is 0. The molecule has 0 N–H and O–H groups in total. The van der Waals surface area contributed by atoms with Crippen LogP contribution in [0.15, 0.2) is 71.7 Å². The number of ether oxygens (including phenoxy) is 3. The minimum absolute atomic E-state index is 0.0338. The molecule has 1 amide bonds. The molecule has 0 unspecified atom stereocenters. The zero-order valence-electron chi connectivity index (χ0n) is 27.1. The van der Waals surface area contributed by atoms with E-state index < -0.39 is 0 Å². The van der Waals surface area contributed by atoms with E-state index in [1.54, 1.807) is 7.11 Å². The fourth-order valence-electron chi connectivity index (χ4n) is 6.56. The molecule has 3 atom stereocenters. The summed E-state index contributed by atoms with van der Waals surface area (Å²) in [4.78, 5) is 23.5. The predicted octanol–water partition coefficient (Wildman–Crippen LogP) is 6.58. The maximum Gasteiger partial charge on any atom is 0.254 e. The molecule has 1 fully saturated rings. The van der Waals surface area contributed by atoms with Crippen LogP contribution in [-0.4, -0.2) is 80.0 Å². The van der Waals surface area contributed by atoms with E-state index in [2.05, 4.69) is 57.0 Å². The Labute approximate surface area is 262 Å². The first kappa shape index (κ1) is 31.7. The first-order valence-corrected chi connectivity index (χ1v) is 16.0. The molecule has 0 aromatic heterocycles. The summed E-state index contributed by atoms with van der Waals surface area (Å²) in [6.07, 6.45) is 1.78. The molecule has 1 saturated heterocycles. The maximum atomic E-state index is 13.8. The number of carbonyl (C=O) groups is 1. The zero-order chi connectivity index (χ0) is 31.2. The highest BCUT2D eigenvalue weighted by Gasteiger charge is 2.36. The molecule has 0 bridgehead atoms. The van der Waals surface area contributed by atoms with Crippen LogP contribution in [0, 0.1) is 0 Å². The van der Waals surface area contributed by atoms with Crippen LogP contribution in [0.2, 0.25) is 0 Å². The number of likely N-dealkylation sites (N-methyl/N-ethyl adjacent to an activating group) is 1. The van der Waals surface area contributed by atoms with E-state index in [9.17, 15) is 4.79 Å². The largest absolute Gasteiger partial charge is 0.493 e. The number of aliphatic imine (C=N–C) groups is 1. The van der Waals surface area contributed by atoms with Crippen molar-refractivity contribution in [1.29, 1.82) is 0 Å². The van der Waals surface area contributed by atoms with E-state index in [0.717, 1.165) is 54.1 Å². The van der Waals surface area contributed by atoms with Crippen molar-refractivity contribution in [3.63, 3.8) is 0 Å². The number of benzene rings is 3. The van der Waals surface area contributed by atoms with E-state index >= 15 is 0 Å². The lowest BCUT2D eigenvalue weighted by Crippen LogP contribution is -2.44. The molecule has 0 radical (unpaired) electrons. The third-order valence-corrected chi connectivity index (χ3v) is 8.83. The Balaban J connectivity index is 1.35. The van der Waals surface area contributed by atoms with Crippen molar-refractivity contribution in [3.8, 4) is 11.5 Å². The van der Waals surface area contributed by atoms with Crippen LogP contribution in [0.25, 0.3) is 0 Å². The van der Waals surface area contributed by atoms with Crippen LogP contribution >= 0.6 is 0 Å². The van der Waals surface area contributed by atoms with Gasteiger partial charge in [0.05, 0.1) is 32.1 Å². The quantitative estimate of drug-likeness (QED) is 0.221. The molecule has 44 heavy (non-hydrogen) atoms. The van der Waals surface area contributed by atoms with Crippen LogP contribution in [-0.2, 0) is 11.3 Å². The number of carbonyl (C=O) groups excluding carboxylic acids is 1. The third-order valence-electron chi connectivity index (χ3n) is 8.83. The molecule has 0 saturated carbocycles. The van der Waals surface area contributed by atoms with E-state index in [1.807, 2.05) is 54.3 Å². The second-order valence-corrected chi connectivity index (χ2v) is 12.3. The number of methoxy groups -OCH3 is 1. The Morgan fingerprint density at radius 2 is 1.80 bits per heavy atom. The predicted molar refractivity (Wildman–Crippen MR) is 176 cm³/mol. The lowest BCUT2D eigenvalue weighted by molar-refractivity contribution is 0.0529. The summed E-state index contributed by atoms with van der Waals surface area (Å²) < 4.78 is 17.6. The van der Waals surface area contributed by atoms with Crippen LogP contribution < -0.4 is 9.47 Å².